The number of likely N-dealkylation sites (N-methyl/N-ethyl adjacent to an activating group) is 1. The van der Waals surface area contributed by atoms with Crippen LogP contribution in [0.2, 0.25) is 5.02 Å². The zero-order valence-corrected chi connectivity index (χ0v) is 16.3. The highest BCUT2D eigenvalue weighted by molar-refractivity contribution is 6.30. The van der Waals surface area contributed by atoms with Crippen LogP contribution in [0.15, 0.2) is 48.5 Å². The maximum Gasteiger partial charge on any atom is 0.251 e. The molecule has 2 aromatic carbocycles. The number of aryl methyl sites for hydroxylation is 1. The molecule has 1 amide bonds. The van der Waals surface area contributed by atoms with E-state index in [0.29, 0.717) is 17.1 Å². The monoisotopic (exact) mass is 373 g/mol. The van der Waals surface area contributed by atoms with Crippen LogP contribution < -0.4 is 15.1 Å². The summed E-state index contributed by atoms with van der Waals surface area (Å²) in [5.74, 6) is -0.0436. The van der Waals surface area contributed by atoms with Crippen LogP contribution in [-0.2, 0) is 0 Å². The first-order valence-electron chi connectivity index (χ1n) is 9.29. The summed E-state index contributed by atoms with van der Waals surface area (Å²) in [6.45, 7) is 7.33. The zero-order chi connectivity index (χ0) is 18.5. The largest absolute Gasteiger partial charge is 0.346 e. The van der Waals surface area contributed by atoms with Gasteiger partial charge in [-0.1, -0.05) is 41.4 Å². The molecule has 1 aliphatic rings. The van der Waals surface area contributed by atoms with Gasteiger partial charge in [0.1, 0.15) is 32.2 Å². The number of hydrogen-bond acceptors (Lipinski definition) is 1. The Morgan fingerprint density at radius 2 is 1.65 bits per heavy atom. The third-order valence-corrected chi connectivity index (χ3v) is 5.54. The van der Waals surface area contributed by atoms with Gasteiger partial charge in [-0.25, -0.2) is 0 Å². The molecule has 0 aromatic heterocycles. The van der Waals surface area contributed by atoms with Crippen molar-refractivity contribution in [2.24, 2.45) is 0 Å². The maximum atomic E-state index is 12.5. The first-order chi connectivity index (χ1) is 12.5. The van der Waals surface area contributed by atoms with Gasteiger partial charge in [-0.05, 0) is 31.2 Å². The summed E-state index contributed by atoms with van der Waals surface area (Å²) in [5, 5.41) is 3.77. The summed E-state index contributed by atoms with van der Waals surface area (Å²) in [4.78, 5) is 15.6. The Labute approximate surface area is 160 Å². The van der Waals surface area contributed by atoms with E-state index in [4.69, 9.17) is 11.6 Å². The molecule has 2 aromatic rings. The highest BCUT2D eigenvalue weighted by Gasteiger charge is 2.29. The molecule has 1 aliphatic heterocycles. The van der Waals surface area contributed by atoms with Gasteiger partial charge >= 0.3 is 0 Å². The van der Waals surface area contributed by atoms with Gasteiger partial charge in [0.25, 0.3) is 5.91 Å². The van der Waals surface area contributed by atoms with E-state index in [2.05, 4.69) is 43.6 Å². The first kappa shape index (κ1) is 18.9. The number of amides is 1. The van der Waals surface area contributed by atoms with Crippen molar-refractivity contribution in [1.29, 1.82) is 0 Å². The smallest absolute Gasteiger partial charge is 0.251 e. The van der Waals surface area contributed by atoms with Crippen molar-refractivity contribution < 1.29 is 14.6 Å². The van der Waals surface area contributed by atoms with E-state index >= 15 is 0 Å². The third-order valence-electron chi connectivity index (χ3n) is 5.29. The van der Waals surface area contributed by atoms with Crippen molar-refractivity contribution >= 4 is 17.5 Å². The molecule has 1 fully saturated rings. The van der Waals surface area contributed by atoms with Crippen molar-refractivity contribution in [3.63, 3.8) is 0 Å². The van der Waals surface area contributed by atoms with Gasteiger partial charge in [0.2, 0.25) is 0 Å². The number of piperazine rings is 1. The molecular formula is C21H28ClN3O+2. The Morgan fingerprint density at radius 1 is 1.04 bits per heavy atom. The summed E-state index contributed by atoms with van der Waals surface area (Å²) >= 11 is 5.91. The van der Waals surface area contributed by atoms with Crippen molar-refractivity contribution in [2.45, 2.75) is 13.0 Å². The van der Waals surface area contributed by atoms with Crippen molar-refractivity contribution in [3.8, 4) is 0 Å². The normalized spacial score (nSPS) is 21.2. The molecule has 4 nitrogen and oxygen atoms in total. The van der Waals surface area contributed by atoms with Crippen molar-refractivity contribution in [2.75, 3.05) is 39.8 Å². The predicted molar refractivity (Wildman–Crippen MR) is 105 cm³/mol. The second-order valence-electron chi connectivity index (χ2n) is 7.30. The molecular weight excluding hydrogens is 346 g/mol. The van der Waals surface area contributed by atoms with E-state index in [-0.39, 0.29) is 11.9 Å². The van der Waals surface area contributed by atoms with E-state index in [1.54, 1.807) is 34.1 Å². The van der Waals surface area contributed by atoms with Gasteiger partial charge in [0.15, 0.2) is 0 Å². The van der Waals surface area contributed by atoms with Gasteiger partial charge < -0.3 is 15.1 Å². The van der Waals surface area contributed by atoms with Gasteiger partial charge in [-0.15, -0.1) is 0 Å². The Morgan fingerprint density at radius 3 is 2.27 bits per heavy atom. The molecule has 0 bridgehead atoms. The Balaban J connectivity index is 1.71. The summed E-state index contributed by atoms with van der Waals surface area (Å²) in [6.07, 6.45) is 0. The fraction of sp³-hybridized carbons (Fsp3) is 0.381. The lowest BCUT2D eigenvalue weighted by atomic mass is 10.0. The minimum Gasteiger partial charge on any atom is -0.346 e. The van der Waals surface area contributed by atoms with Gasteiger partial charge in [0, 0.05) is 16.1 Å². The molecule has 3 N–H and O–H groups in total. The lowest BCUT2D eigenvalue weighted by Crippen LogP contribution is -3.27. The molecule has 0 spiro atoms. The van der Waals surface area contributed by atoms with Crippen LogP contribution in [-0.4, -0.2) is 45.7 Å². The van der Waals surface area contributed by atoms with Crippen LogP contribution in [0.25, 0.3) is 0 Å². The number of nitrogens with one attached hydrogen (secondary N) is 3. The number of quaternary nitrogens is 2. The van der Waals surface area contributed by atoms with Gasteiger partial charge in [0.05, 0.1) is 13.6 Å². The van der Waals surface area contributed by atoms with Gasteiger partial charge in [-0.2, -0.15) is 0 Å². The molecule has 0 unspecified atom stereocenters. The SMILES string of the molecule is Cc1ccc([C@H](CNC(=O)c2ccc(Cl)cc2)[NH+]2CC[NH+](C)CC2)cc1. The van der Waals surface area contributed by atoms with Gasteiger partial charge in [-0.3, -0.25) is 4.79 Å². The van der Waals surface area contributed by atoms with Crippen LogP contribution >= 0.6 is 11.6 Å². The number of halogens is 1. The molecule has 3 rings (SSSR count). The highest BCUT2D eigenvalue weighted by Crippen LogP contribution is 2.12. The van der Waals surface area contributed by atoms with Crippen LogP contribution in [0.1, 0.15) is 27.5 Å². The van der Waals surface area contributed by atoms with E-state index in [1.165, 1.54) is 24.2 Å². The fourth-order valence-electron chi connectivity index (χ4n) is 3.54. The Bertz CT molecular complexity index is 722. The summed E-state index contributed by atoms with van der Waals surface area (Å²) in [5.41, 5.74) is 3.20. The Hall–Kier alpha value is -1.88. The molecule has 5 heteroatoms. The third kappa shape index (κ3) is 4.85. The molecule has 1 heterocycles. The molecule has 0 radical (unpaired) electrons. The summed E-state index contributed by atoms with van der Waals surface area (Å²) < 4.78 is 0. The zero-order valence-electron chi connectivity index (χ0n) is 15.5. The number of rotatable bonds is 5. The van der Waals surface area contributed by atoms with Crippen molar-refractivity contribution in [3.05, 3.63) is 70.2 Å². The lowest BCUT2D eigenvalue weighted by molar-refractivity contribution is -1.02. The first-order valence-corrected chi connectivity index (χ1v) is 9.67. The highest BCUT2D eigenvalue weighted by atomic mass is 35.5. The molecule has 0 saturated carbocycles. The average molecular weight is 374 g/mol. The fourth-order valence-corrected chi connectivity index (χ4v) is 3.67. The summed E-state index contributed by atoms with van der Waals surface area (Å²) in [6, 6.07) is 16.0. The molecule has 1 atom stereocenters. The van der Waals surface area contributed by atoms with E-state index in [0.717, 1.165) is 13.1 Å². The number of benzene rings is 2. The minimum atomic E-state index is -0.0436. The second kappa shape index (κ2) is 8.67. The Kier molecular flexibility index (Phi) is 6.30. The molecule has 138 valence electrons. The van der Waals surface area contributed by atoms with Crippen molar-refractivity contribution in [1.82, 2.24) is 5.32 Å². The maximum absolute atomic E-state index is 12.5. The van der Waals surface area contributed by atoms with Crippen LogP contribution in [0.4, 0.5) is 0 Å². The topological polar surface area (TPSA) is 38.0 Å². The number of carbonyl (C=O) groups excluding carboxylic acids is 1. The predicted octanol–water partition coefficient (Wildman–Crippen LogP) is 0.533. The van der Waals surface area contributed by atoms with E-state index in [9.17, 15) is 4.79 Å². The lowest BCUT2D eigenvalue weighted by Gasteiger charge is -2.33. The van der Waals surface area contributed by atoms with E-state index < -0.39 is 0 Å². The minimum absolute atomic E-state index is 0.0436. The molecule has 26 heavy (non-hydrogen) atoms. The second-order valence-corrected chi connectivity index (χ2v) is 7.73. The van der Waals surface area contributed by atoms with Crippen LogP contribution in [0.3, 0.4) is 0 Å². The average Bonchev–Trinajstić information content (AvgIpc) is 2.65. The number of carbonyl (C=O) groups is 1. The van der Waals surface area contributed by atoms with Crippen LogP contribution in [0, 0.1) is 6.92 Å². The van der Waals surface area contributed by atoms with Crippen LogP contribution in [0.5, 0.6) is 0 Å². The number of hydrogen-bond donors (Lipinski definition) is 3. The quantitative estimate of drug-likeness (QED) is 0.703. The summed E-state index contributed by atoms with van der Waals surface area (Å²) in [7, 11) is 2.25. The standard InChI is InChI=1S/C21H26ClN3O/c1-16-3-5-17(6-4-16)20(25-13-11-24(2)12-14-25)15-23-21(26)18-7-9-19(22)10-8-18/h3-10,20H,11-15H2,1-2H3,(H,23,26)/p+2/t20-/m0/s1. The molecule has 1 saturated heterocycles. The van der Waals surface area contributed by atoms with E-state index in [1.807, 2.05) is 0 Å². The molecule has 0 aliphatic carbocycles.